The SMILES string of the molecule is CC(C1=CC(C(C)C2C=CC=CC2)CC(C(C)(C)C)=C1)c1ccccc1. The number of allylic oxidation sites excluding steroid dienone is 8. The van der Waals surface area contributed by atoms with E-state index in [1.807, 2.05) is 0 Å². The van der Waals surface area contributed by atoms with Crippen molar-refractivity contribution in [1.82, 2.24) is 0 Å². The molecule has 0 aromatic heterocycles. The van der Waals surface area contributed by atoms with Gasteiger partial charge in [0.25, 0.3) is 0 Å². The Hall–Kier alpha value is -1.82. The van der Waals surface area contributed by atoms with Gasteiger partial charge in [-0.05, 0) is 47.1 Å². The molecule has 0 amide bonds. The van der Waals surface area contributed by atoms with E-state index in [2.05, 4.69) is 101 Å². The molecule has 138 valence electrons. The van der Waals surface area contributed by atoms with Gasteiger partial charge >= 0.3 is 0 Å². The molecule has 2 aliphatic carbocycles. The molecule has 0 saturated heterocycles. The summed E-state index contributed by atoms with van der Waals surface area (Å²) in [5.41, 5.74) is 4.75. The summed E-state index contributed by atoms with van der Waals surface area (Å²) in [6.45, 7) is 11.9. The number of hydrogen-bond acceptors (Lipinski definition) is 0. The summed E-state index contributed by atoms with van der Waals surface area (Å²) in [7, 11) is 0. The minimum atomic E-state index is 0.232. The third-order valence-electron chi connectivity index (χ3n) is 6.33. The van der Waals surface area contributed by atoms with Crippen LogP contribution in [0.2, 0.25) is 0 Å². The van der Waals surface area contributed by atoms with Crippen LogP contribution >= 0.6 is 0 Å². The highest BCUT2D eigenvalue weighted by atomic mass is 14.4. The van der Waals surface area contributed by atoms with E-state index >= 15 is 0 Å². The highest BCUT2D eigenvalue weighted by Crippen LogP contribution is 2.43. The van der Waals surface area contributed by atoms with E-state index < -0.39 is 0 Å². The molecular formula is C26H34. The van der Waals surface area contributed by atoms with Crippen LogP contribution in [0.4, 0.5) is 0 Å². The van der Waals surface area contributed by atoms with E-state index in [0.717, 1.165) is 0 Å². The van der Waals surface area contributed by atoms with Gasteiger partial charge in [0.2, 0.25) is 0 Å². The van der Waals surface area contributed by atoms with E-state index in [-0.39, 0.29) is 5.41 Å². The van der Waals surface area contributed by atoms with Crippen molar-refractivity contribution in [3.8, 4) is 0 Å². The van der Waals surface area contributed by atoms with Crippen molar-refractivity contribution in [2.75, 3.05) is 0 Å². The molecule has 0 N–H and O–H groups in total. The minimum Gasteiger partial charge on any atom is -0.0840 e. The van der Waals surface area contributed by atoms with Crippen molar-refractivity contribution < 1.29 is 0 Å². The molecule has 0 radical (unpaired) electrons. The fourth-order valence-corrected chi connectivity index (χ4v) is 4.24. The van der Waals surface area contributed by atoms with Crippen molar-refractivity contribution >= 4 is 0 Å². The maximum atomic E-state index is 2.59. The standard InChI is InChI=1S/C26H34/c1-19(21-12-8-6-9-13-21)23-16-24(18-25(17-23)26(3,4)5)20(2)22-14-10-7-11-15-22/h6-14,16-17,19-20,22,24H,15,18H2,1-5H3. The van der Waals surface area contributed by atoms with Crippen molar-refractivity contribution in [2.45, 2.75) is 53.4 Å². The fourth-order valence-electron chi connectivity index (χ4n) is 4.24. The molecular weight excluding hydrogens is 312 g/mol. The number of benzene rings is 1. The monoisotopic (exact) mass is 346 g/mol. The molecule has 4 unspecified atom stereocenters. The predicted molar refractivity (Wildman–Crippen MR) is 114 cm³/mol. The van der Waals surface area contributed by atoms with Crippen molar-refractivity contribution in [1.29, 1.82) is 0 Å². The van der Waals surface area contributed by atoms with Crippen LogP contribution in [0.5, 0.6) is 0 Å². The largest absolute Gasteiger partial charge is 0.0840 e. The predicted octanol–water partition coefficient (Wildman–Crippen LogP) is 7.48. The topological polar surface area (TPSA) is 0 Å². The van der Waals surface area contributed by atoms with Crippen LogP contribution in [0.15, 0.2) is 77.9 Å². The van der Waals surface area contributed by atoms with Gasteiger partial charge in [-0.1, -0.05) is 107 Å². The summed E-state index contributed by atoms with van der Waals surface area (Å²) in [6, 6.07) is 10.9. The second-order valence-electron chi connectivity index (χ2n) is 9.16. The molecule has 4 atom stereocenters. The average molecular weight is 347 g/mol. The van der Waals surface area contributed by atoms with E-state index in [4.69, 9.17) is 0 Å². The summed E-state index contributed by atoms with van der Waals surface area (Å²) < 4.78 is 0. The lowest BCUT2D eigenvalue weighted by Crippen LogP contribution is -2.25. The fraction of sp³-hybridized carbons (Fsp3) is 0.462. The van der Waals surface area contributed by atoms with Gasteiger partial charge in [0.05, 0.1) is 0 Å². The lowest BCUT2D eigenvalue weighted by atomic mass is 9.69. The van der Waals surface area contributed by atoms with Gasteiger partial charge in [-0.25, -0.2) is 0 Å². The Labute approximate surface area is 160 Å². The molecule has 0 saturated carbocycles. The first-order valence-corrected chi connectivity index (χ1v) is 10.2. The normalized spacial score (nSPS) is 25.4. The first-order chi connectivity index (χ1) is 12.4. The Kier molecular flexibility index (Phi) is 5.70. The first-order valence-electron chi connectivity index (χ1n) is 10.2. The number of hydrogen-bond donors (Lipinski definition) is 0. The Balaban J connectivity index is 1.91. The van der Waals surface area contributed by atoms with E-state index in [1.165, 1.54) is 24.0 Å². The van der Waals surface area contributed by atoms with E-state index in [9.17, 15) is 0 Å². The second-order valence-corrected chi connectivity index (χ2v) is 9.16. The summed E-state index contributed by atoms with van der Waals surface area (Å²) in [4.78, 5) is 0. The minimum absolute atomic E-state index is 0.232. The molecule has 3 rings (SSSR count). The molecule has 0 fully saturated rings. The van der Waals surface area contributed by atoms with Gasteiger partial charge in [0, 0.05) is 5.92 Å². The highest BCUT2D eigenvalue weighted by molar-refractivity contribution is 5.40. The van der Waals surface area contributed by atoms with Gasteiger partial charge in [0.15, 0.2) is 0 Å². The van der Waals surface area contributed by atoms with Gasteiger partial charge < -0.3 is 0 Å². The summed E-state index contributed by atoms with van der Waals surface area (Å²) in [5.74, 6) is 2.40. The van der Waals surface area contributed by atoms with Gasteiger partial charge in [-0.3, -0.25) is 0 Å². The zero-order valence-corrected chi connectivity index (χ0v) is 17.1. The Morgan fingerprint density at radius 3 is 2.31 bits per heavy atom. The van der Waals surface area contributed by atoms with Crippen molar-refractivity contribution in [3.05, 3.63) is 83.5 Å². The zero-order chi connectivity index (χ0) is 18.7. The van der Waals surface area contributed by atoms with E-state index in [1.54, 1.807) is 5.57 Å². The summed E-state index contributed by atoms with van der Waals surface area (Å²) >= 11 is 0. The number of rotatable bonds is 4. The van der Waals surface area contributed by atoms with Crippen LogP contribution in [-0.4, -0.2) is 0 Å². The van der Waals surface area contributed by atoms with Crippen LogP contribution < -0.4 is 0 Å². The molecule has 1 aromatic carbocycles. The van der Waals surface area contributed by atoms with Crippen LogP contribution in [0, 0.1) is 23.2 Å². The third kappa shape index (κ3) is 4.29. The van der Waals surface area contributed by atoms with Crippen LogP contribution in [0.3, 0.4) is 0 Å². The Morgan fingerprint density at radius 1 is 0.962 bits per heavy atom. The van der Waals surface area contributed by atoms with Crippen LogP contribution in [-0.2, 0) is 0 Å². The van der Waals surface area contributed by atoms with Crippen LogP contribution in [0.1, 0.15) is 58.9 Å². The lowest BCUT2D eigenvalue weighted by molar-refractivity contribution is 0.310. The van der Waals surface area contributed by atoms with Crippen molar-refractivity contribution in [2.24, 2.45) is 23.2 Å². The Morgan fingerprint density at radius 2 is 1.69 bits per heavy atom. The average Bonchev–Trinajstić information content (AvgIpc) is 2.67. The summed E-state index contributed by atoms with van der Waals surface area (Å²) in [5, 5.41) is 0. The molecule has 1 aromatic rings. The maximum Gasteiger partial charge on any atom is 0.00579 e. The van der Waals surface area contributed by atoms with Gasteiger partial charge in [-0.15, -0.1) is 0 Å². The molecule has 26 heavy (non-hydrogen) atoms. The molecule has 0 spiro atoms. The molecule has 0 heteroatoms. The van der Waals surface area contributed by atoms with Crippen LogP contribution in [0.25, 0.3) is 0 Å². The van der Waals surface area contributed by atoms with Crippen molar-refractivity contribution in [3.63, 3.8) is 0 Å². The lowest BCUT2D eigenvalue weighted by Gasteiger charge is -2.36. The van der Waals surface area contributed by atoms with Gasteiger partial charge in [0.1, 0.15) is 0 Å². The first kappa shape index (κ1) is 19.0. The molecule has 2 aliphatic rings. The van der Waals surface area contributed by atoms with E-state index in [0.29, 0.717) is 23.7 Å². The zero-order valence-electron chi connectivity index (χ0n) is 17.1. The highest BCUT2D eigenvalue weighted by Gasteiger charge is 2.30. The smallest absolute Gasteiger partial charge is 0.00579 e. The van der Waals surface area contributed by atoms with Gasteiger partial charge in [-0.2, -0.15) is 0 Å². The Bertz CT molecular complexity index is 721. The molecule has 0 heterocycles. The quantitative estimate of drug-likeness (QED) is 0.530. The maximum absolute atomic E-state index is 2.59. The molecule has 0 aliphatic heterocycles. The summed E-state index contributed by atoms with van der Waals surface area (Å²) in [6.07, 6.45) is 16.6. The second kappa shape index (κ2) is 7.82. The molecule has 0 nitrogen and oxygen atoms in total. The molecule has 0 bridgehead atoms. The third-order valence-corrected chi connectivity index (χ3v) is 6.33.